The fourth-order valence-electron chi connectivity index (χ4n) is 1.80. The molecular weight excluding hydrogens is 244 g/mol. The zero-order valence-corrected chi connectivity index (χ0v) is 11.2. The highest BCUT2D eigenvalue weighted by atomic mass is 16.1. The van der Waals surface area contributed by atoms with Gasteiger partial charge in [0.15, 0.2) is 5.82 Å². The van der Waals surface area contributed by atoms with E-state index in [4.69, 9.17) is 0 Å². The van der Waals surface area contributed by atoms with E-state index in [-0.39, 0.29) is 11.5 Å². The topological polar surface area (TPSA) is 76.0 Å². The summed E-state index contributed by atoms with van der Waals surface area (Å²) in [6.07, 6.45) is 6.66. The fourth-order valence-corrected chi connectivity index (χ4v) is 1.80. The van der Waals surface area contributed by atoms with E-state index >= 15 is 0 Å². The van der Waals surface area contributed by atoms with Gasteiger partial charge in [-0.25, -0.2) is 4.98 Å². The van der Waals surface area contributed by atoms with E-state index in [2.05, 4.69) is 15.6 Å². The summed E-state index contributed by atoms with van der Waals surface area (Å²) in [4.78, 5) is 27.3. The van der Waals surface area contributed by atoms with Crippen molar-refractivity contribution in [3.8, 4) is 0 Å². The SMILES string of the molecule is CCn1ccnc(NCCCC(=O)NC2CC2)c1=O. The predicted octanol–water partition coefficient (Wildman–Crippen LogP) is 0.734. The van der Waals surface area contributed by atoms with Crippen LogP contribution in [0.2, 0.25) is 0 Å². The molecule has 0 spiro atoms. The number of aromatic nitrogens is 2. The van der Waals surface area contributed by atoms with Gasteiger partial charge in [-0.3, -0.25) is 9.59 Å². The zero-order valence-electron chi connectivity index (χ0n) is 11.2. The van der Waals surface area contributed by atoms with Crippen LogP contribution in [-0.4, -0.2) is 28.0 Å². The molecule has 2 rings (SSSR count). The smallest absolute Gasteiger partial charge is 0.293 e. The predicted molar refractivity (Wildman–Crippen MR) is 73.1 cm³/mol. The third-order valence-electron chi connectivity index (χ3n) is 3.07. The summed E-state index contributed by atoms with van der Waals surface area (Å²) in [5.74, 6) is 0.447. The van der Waals surface area contributed by atoms with Crippen LogP contribution >= 0.6 is 0 Å². The van der Waals surface area contributed by atoms with Gasteiger partial charge < -0.3 is 15.2 Å². The largest absolute Gasteiger partial charge is 0.365 e. The molecule has 0 atom stereocenters. The first-order valence-corrected chi connectivity index (χ1v) is 6.79. The van der Waals surface area contributed by atoms with E-state index in [1.807, 2.05) is 6.92 Å². The van der Waals surface area contributed by atoms with E-state index in [0.29, 0.717) is 37.8 Å². The number of amides is 1. The Balaban J connectivity index is 1.73. The molecule has 1 fully saturated rings. The van der Waals surface area contributed by atoms with Crippen LogP contribution in [0.5, 0.6) is 0 Å². The van der Waals surface area contributed by atoms with Crippen LogP contribution in [0.25, 0.3) is 0 Å². The second-order valence-electron chi connectivity index (χ2n) is 4.74. The Hall–Kier alpha value is -1.85. The molecule has 1 aromatic heterocycles. The van der Waals surface area contributed by atoms with E-state index < -0.39 is 0 Å². The lowest BCUT2D eigenvalue weighted by molar-refractivity contribution is -0.121. The van der Waals surface area contributed by atoms with Gasteiger partial charge in [0.1, 0.15) is 0 Å². The molecule has 0 saturated heterocycles. The van der Waals surface area contributed by atoms with Crippen molar-refractivity contribution in [1.82, 2.24) is 14.9 Å². The second-order valence-corrected chi connectivity index (χ2v) is 4.74. The van der Waals surface area contributed by atoms with Gasteiger partial charge in [-0.15, -0.1) is 0 Å². The number of nitrogens with one attached hydrogen (secondary N) is 2. The molecule has 1 saturated carbocycles. The lowest BCUT2D eigenvalue weighted by Crippen LogP contribution is -2.26. The Kier molecular flexibility index (Phi) is 4.54. The Morgan fingerprint density at radius 3 is 3.00 bits per heavy atom. The minimum Gasteiger partial charge on any atom is -0.365 e. The maximum absolute atomic E-state index is 11.8. The van der Waals surface area contributed by atoms with E-state index in [9.17, 15) is 9.59 Å². The summed E-state index contributed by atoms with van der Waals surface area (Å²) in [6, 6.07) is 0.410. The molecule has 1 amide bonds. The molecule has 0 bridgehead atoms. The van der Waals surface area contributed by atoms with E-state index in [1.165, 1.54) is 0 Å². The highest BCUT2D eigenvalue weighted by Crippen LogP contribution is 2.18. The quantitative estimate of drug-likeness (QED) is 0.712. The zero-order chi connectivity index (χ0) is 13.7. The lowest BCUT2D eigenvalue weighted by Gasteiger charge is -2.07. The highest BCUT2D eigenvalue weighted by Gasteiger charge is 2.22. The van der Waals surface area contributed by atoms with Crippen molar-refractivity contribution in [1.29, 1.82) is 0 Å². The summed E-state index contributed by atoms with van der Waals surface area (Å²) < 4.78 is 1.59. The molecule has 19 heavy (non-hydrogen) atoms. The Bertz CT molecular complexity index is 494. The van der Waals surface area contributed by atoms with Crippen molar-refractivity contribution >= 4 is 11.7 Å². The number of carbonyl (C=O) groups is 1. The second kappa shape index (κ2) is 6.36. The number of carbonyl (C=O) groups excluding carboxylic acids is 1. The van der Waals surface area contributed by atoms with E-state index in [1.54, 1.807) is 17.0 Å². The number of aryl methyl sites for hydroxylation is 1. The number of anilines is 1. The number of nitrogens with zero attached hydrogens (tertiary/aromatic N) is 2. The van der Waals surface area contributed by atoms with Gasteiger partial charge in [0.05, 0.1) is 0 Å². The first-order valence-electron chi connectivity index (χ1n) is 6.79. The van der Waals surface area contributed by atoms with Crippen LogP contribution in [-0.2, 0) is 11.3 Å². The van der Waals surface area contributed by atoms with Gasteiger partial charge in [-0.1, -0.05) is 0 Å². The molecule has 6 heteroatoms. The highest BCUT2D eigenvalue weighted by molar-refractivity contribution is 5.76. The monoisotopic (exact) mass is 264 g/mol. The molecule has 1 heterocycles. The Morgan fingerprint density at radius 2 is 2.32 bits per heavy atom. The molecule has 104 valence electrons. The van der Waals surface area contributed by atoms with Gasteiger partial charge in [-0.05, 0) is 26.2 Å². The summed E-state index contributed by atoms with van der Waals surface area (Å²) in [5.41, 5.74) is -0.118. The first kappa shape index (κ1) is 13.6. The van der Waals surface area contributed by atoms with Gasteiger partial charge in [0.2, 0.25) is 5.91 Å². The van der Waals surface area contributed by atoms with Crippen LogP contribution in [0.4, 0.5) is 5.82 Å². The maximum Gasteiger partial charge on any atom is 0.293 e. The molecular formula is C13H20N4O2. The van der Waals surface area contributed by atoms with Crippen LogP contribution < -0.4 is 16.2 Å². The normalized spacial score (nSPS) is 14.2. The van der Waals surface area contributed by atoms with Crippen molar-refractivity contribution in [3.05, 3.63) is 22.7 Å². The first-order chi connectivity index (χ1) is 9.20. The Labute approximate surface area is 112 Å². The fraction of sp³-hybridized carbons (Fsp3) is 0.615. The Morgan fingerprint density at radius 1 is 1.53 bits per heavy atom. The van der Waals surface area contributed by atoms with Crippen molar-refractivity contribution in [2.24, 2.45) is 0 Å². The standard InChI is InChI=1S/C13H20N4O2/c1-2-17-9-8-15-12(13(17)19)14-7-3-4-11(18)16-10-5-6-10/h8-10H,2-7H2,1H3,(H,14,15)(H,16,18). The molecule has 0 unspecified atom stereocenters. The van der Waals surface area contributed by atoms with Crippen molar-refractivity contribution < 1.29 is 4.79 Å². The summed E-state index contributed by atoms with van der Waals surface area (Å²) in [5, 5.41) is 5.92. The van der Waals surface area contributed by atoms with Gasteiger partial charge in [-0.2, -0.15) is 0 Å². The molecule has 2 N–H and O–H groups in total. The number of hydrogen-bond acceptors (Lipinski definition) is 4. The summed E-state index contributed by atoms with van der Waals surface area (Å²) >= 11 is 0. The van der Waals surface area contributed by atoms with Crippen molar-refractivity contribution in [3.63, 3.8) is 0 Å². The molecule has 1 aromatic rings. The molecule has 0 aliphatic heterocycles. The van der Waals surface area contributed by atoms with E-state index in [0.717, 1.165) is 12.8 Å². The average Bonchev–Trinajstić information content (AvgIpc) is 3.20. The number of hydrogen-bond donors (Lipinski definition) is 2. The van der Waals surface area contributed by atoms with Gasteiger partial charge in [0, 0.05) is 37.9 Å². The van der Waals surface area contributed by atoms with Gasteiger partial charge >= 0.3 is 0 Å². The minimum absolute atomic E-state index is 0.0938. The summed E-state index contributed by atoms with van der Waals surface area (Å²) in [6.45, 7) is 3.11. The average molecular weight is 264 g/mol. The minimum atomic E-state index is -0.118. The maximum atomic E-state index is 11.8. The third-order valence-corrected chi connectivity index (χ3v) is 3.07. The molecule has 0 aromatic carbocycles. The van der Waals surface area contributed by atoms with Crippen LogP contribution in [0.1, 0.15) is 32.6 Å². The molecule has 1 aliphatic rings. The molecule has 0 radical (unpaired) electrons. The number of rotatable bonds is 7. The lowest BCUT2D eigenvalue weighted by atomic mass is 10.3. The van der Waals surface area contributed by atoms with Crippen LogP contribution in [0, 0.1) is 0 Å². The summed E-state index contributed by atoms with van der Waals surface area (Å²) in [7, 11) is 0. The van der Waals surface area contributed by atoms with Crippen LogP contribution in [0.15, 0.2) is 17.2 Å². The van der Waals surface area contributed by atoms with Crippen molar-refractivity contribution in [2.75, 3.05) is 11.9 Å². The van der Waals surface area contributed by atoms with Crippen molar-refractivity contribution in [2.45, 2.75) is 45.2 Å². The molecule has 1 aliphatic carbocycles. The van der Waals surface area contributed by atoms with Crippen LogP contribution in [0.3, 0.4) is 0 Å². The molecule has 6 nitrogen and oxygen atoms in total. The third kappa shape index (κ3) is 4.08. The van der Waals surface area contributed by atoms with Gasteiger partial charge in [0.25, 0.3) is 5.56 Å².